The molecular formula is C40H57NO4. The summed E-state index contributed by atoms with van der Waals surface area (Å²) in [6.07, 6.45) is 12.6. The van der Waals surface area contributed by atoms with E-state index in [-0.39, 0.29) is 33.0 Å². The lowest BCUT2D eigenvalue weighted by molar-refractivity contribution is -0.225. The quantitative estimate of drug-likeness (QED) is 0.237. The van der Waals surface area contributed by atoms with E-state index in [1.54, 1.807) is 19.2 Å². The van der Waals surface area contributed by atoms with Gasteiger partial charge < -0.3 is 15.2 Å². The second-order valence-corrected chi connectivity index (χ2v) is 17.0. The third kappa shape index (κ3) is 4.56. The Hall–Kier alpha value is -2.40. The number of aromatic carboxylic acids is 1. The molecule has 5 aliphatic carbocycles. The van der Waals surface area contributed by atoms with E-state index in [1.807, 2.05) is 12.1 Å². The molecule has 0 saturated heterocycles. The number of benzene rings is 1. The molecule has 9 atom stereocenters. The minimum Gasteiger partial charge on any atom is -0.478 e. The van der Waals surface area contributed by atoms with Crippen molar-refractivity contribution in [2.24, 2.45) is 56.7 Å². The van der Waals surface area contributed by atoms with Gasteiger partial charge in [-0.15, -0.1) is 0 Å². The number of hydrogen-bond acceptors (Lipinski definition) is 3. The zero-order valence-corrected chi connectivity index (χ0v) is 28.9. The number of nitrogens with one attached hydrogen (secondary N) is 1. The van der Waals surface area contributed by atoms with Gasteiger partial charge in [-0.05, 0) is 139 Å². The summed E-state index contributed by atoms with van der Waals surface area (Å²) in [5.41, 5.74) is 4.46. The lowest BCUT2D eigenvalue weighted by atomic mass is 9.32. The number of rotatable bonds is 7. The molecule has 246 valence electrons. The maximum atomic E-state index is 14.1. The summed E-state index contributed by atoms with van der Waals surface area (Å²) in [6.45, 7) is 20.6. The minimum absolute atomic E-state index is 0.00463. The summed E-state index contributed by atoms with van der Waals surface area (Å²) >= 11 is 0. The molecule has 1 aromatic carbocycles. The zero-order valence-electron chi connectivity index (χ0n) is 28.9. The normalized spacial score (nSPS) is 41.5. The molecule has 4 saturated carbocycles. The molecule has 5 heteroatoms. The van der Waals surface area contributed by atoms with Crippen LogP contribution in [0.4, 0.5) is 0 Å². The van der Waals surface area contributed by atoms with Crippen molar-refractivity contribution in [2.75, 3.05) is 20.3 Å². The number of methoxy groups -OCH3 is 1. The van der Waals surface area contributed by atoms with Crippen molar-refractivity contribution < 1.29 is 19.4 Å². The maximum Gasteiger partial charge on any atom is 0.335 e. The van der Waals surface area contributed by atoms with Crippen molar-refractivity contribution in [1.29, 1.82) is 0 Å². The monoisotopic (exact) mass is 615 g/mol. The zero-order chi connectivity index (χ0) is 32.6. The van der Waals surface area contributed by atoms with Crippen LogP contribution in [0.2, 0.25) is 0 Å². The first-order valence-corrected chi connectivity index (χ1v) is 17.6. The van der Waals surface area contributed by atoms with Crippen LogP contribution >= 0.6 is 0 Å². The summed E-state index contributed by atoms with van der Waals surface area (Å²) in [6, 6.07) is 7.53. The Morgan fingerprint density at radius 1 is 0.933 bits per heavy atom. The lowest BCUT2D eigenvalue weighted by Gasteiger charge is -2.72. The molecule has 0 aromatic heterocycles. The van der Waals surface area contributed by atoms with Gasteiger partial charge in [0.1, 0.15) is 0 Å². The summed E-state index contributed by atoms with van der Waals surface area (Å²) < 4.78 is 5.28. The number of carbonyl (C=O) groups excluding carboxylic acids is 1. The van der Waals surface area contributed by atoms with Gasteiger partial charge in [0.05, 0.1) is 17.6 Å². The largest absolute Gasteiger partial charge is 0.478 e. The molecule has 0 spiro atoms. The molecule has 45 heavy (non-hydrogen) atoms. The predicted molar refractivity (Wildman–Crippen MR) is 181 cm³/mol. The average Bonchev–Trinajstić information content (AvgIpc) is 3.39. The van der Waals surface area contributed by atoms with Gasteiger partial charge in [-0.1, -0.05) is 65.0 Å². The van der Waals surface area contributed by atoms with Gasteiger partial charge in [-0.2, -0.15) is 0 Å². The standard InChI is InChI=1S/C40H57NO4/c1-25(2)28-15-20-40(35(44)41-23-24-45-8)22-21-38(6)30(33(28)40)13-14-32-37(5)18-16-29(26-9-11-27(12-10-26)34(42)43)36(3,4)31(37)17-19-39(32,38)7/h9-12,16,28,30-33H,1,13-15,17-24H2,2-8H3,(H,41,44)(H,42,43)/t28-,30+,31-,32+,33+,37-,38+,39+,40-/m0/s1. The summed E-state index contributed by atoms with van der Waals surface area (Å²) in [4.78, 5) is 25.6. The summed E-state index contributed by atoms with van der Waals surface area (Å²) in [5, 5.41) is 12.7. The van der Waals surface area contributed by atoms with E-state index in [4.69, 9.17) is 4.74 Å². The van der Waals surface area contributed by atoms with Gasteiger partial charge in [0.15, 0.2) is 0 Å². The van der Waals surface area contributed by atoms with Crippen molar-refractivity contribution in [3.8, 4) is 0 Å². The third-order valence-electron chi connectivity index (χ3n) is 15.1. The molecule has 0 aliphatic heterocycles. The van der Waals surface area contributed by atoms with Gasteiger partial charge in [-0.3, -0.25) is 4.79 Å². The number of amides is 1. The number of carboxylic acids is 1. The van der Waals surface area contributed by atoms with Crippen LogP contribution in [0.1, 0.15) is 115 Å². The predicted octanol–water partition coefficient (Wildman–Crippen LogP) is 8.80. The number of carboxylic acid groups (broad SMARTS) is 1. The summed E-state index contributed by atoms with van der Waals surface area (Å²) in [5.74, 6) is 1.89. The highest BCUT2D eigenvalue weighted by molar-refractivity contribution is 5.88. The van der Waals surface area contributed by atoms with E-state index >= 15 is 0 Å². The molecular weight excluding hydrogens is 558 g/mol. The van der Waals surface area contributed by atoms with Crippen LogP contribution in [0.25, 0.3) is 5.57 Å². The Bertz CT molecular complexity index is 1390. The molecule has 0 bridgehead atoms. The second kappa shape index (κ2) is 11.1. The topological polar surface area (TPSA) is 75.6 Å². The first-order valence-electron chi connectivity index (χ1n) is 17.6. The van der Waals surface area contributed by atoms with Crippen LogP contribution in [0.3, 0.4) is 0 Å². The number of fused-ring (bicyclic) bond motifs is 7. The van der Waals surface area contributed by atoms with Crippen LogP contribution in [0, 0.1) is 56.7 Å². The van der Waals surface area contributed by atoms with E-state index in [9.17, 15) is 14.7 Å². The first-order chi connectivity index (χ1) is 21.2. The van der Waals surface area contributed by atoms with Crippen molar-refractivity contribution in [3.63, 3.8) is 0 Å². The van der Waals surface area contributed by atoms with Crippen LogP contribution in [0.15, 0.2) is 42.5 Å². The molecule has 5 nitrogen and oxygen atoms in total. The second-order valence-electron chi connectivity index (χ2n) is 17.0. The Labute approximate surface area is 271 Å². The van der Waals surface area contributed by atoms with Gasteiger partial charge in [-0.25, -0.2) is 4.79 Å². The molecule has 2 N–H and O–H groups in total. The first kappa shape index (κ1) is 32.5. The number of hydrogen-bond donors (Lipinski definition) is 2. The Morgan fingerprint density at radius 2 is 1.64 bits per heavy atom. The Morgan fingerprint density at radius 3 is 2.29 bits per heavy atom. The van der Waals surface area contributed by atoms with Crippen molar-refractivity contribution in [1.82, 2.24) is 5.32 Å². The fraction of sp³-hybridized carbons (Fsp3) is 0.700. The third-order valence-corrected chi connectivity index (χ3v) is 15.1. The van der Waals surface area contributed by atoms with E-state index in [1.165, 1.54) is 36.8 Å². The minimum atomic E-state index is -0.875. The van der Waals surface area contributed by atoms with Gasteiger partial charge in [0.2, 0.25) is 5.91 Å². The highest BCUT2D eigenvalue weighted by Crippen LogP contribution is 2.77. The highest BCUT2D eigenvalue weighted by Gasteiger charge is 2.71. The van der Waals surface area contributed by atoms with Crippen LogP contribution in [-0.4, -0.2) is 37.2 Å². The van der Waals surface area contributed by atoms with Gasteiger partial charge in [0, 0.05) is 13.7 Å². The lowest BCUT2D eigenvalue weighted by Crippen LogP contribution is -2.66. The fourth-order valence-electron chi connectivity index (χ4n) is 12.9. The molecule has 0 heterocycles. The summed E-state index contributed by atoms with van der Waals surface area (Å²) in [7, 11) is 1.70. The molecule has 0 unspecified atom stereocenters. The maximum absolute atomic E-state index is 14.1. The number of allylic oxidation sites excluding steroid dienone is 3. The Kier molecular flexibility index (Phi) is 8.03. The Balaban J connectivity index is 1.34. The van der Waals surface area contributed by atoms with Crippen LogP contribution in [0.5, 0.6) is 0 Å². The van der Waals surface area contributed by atoms with Gasteiger partial charge in [0.25, 0.3) is 0 Å². The molecule has 4 fully saturated rings. The number of carbonyl (C=O) groups is 2. The van der Waals surface area contributed by atoms with E-state index < -0.39 is 5.97 Å². The average molecular weight is 616 g/mol. The fourth-order valence-corrected chi connectivity index (χ4v) is 12.9. The molecule has 0 radical (unpaired) electrons. The van der Waals surface area contributed by atoms with Crippen molar-refractivity contribution in [3.05, 3.63) is 53.6 Å². The van der Waals surface area contributed by atoms with Crippen molar-refractivity contribution >= 4 is 17.4 Å². The van der Waals surface area contributed by atoms with E-state index in [2.05, 4.69) is 59.5 Å². The van der Waals surface area contributed by atoms with Crippen molar-refractivity contribution in [2.45, 2.75) is 99.3 Å². The van der Waals surface area contributed by atoms with E-state index in [0.717, 1.165) is 37.7 Å². The molecule has 1 aromatic rings. The van der Waals surface area contributed by atoms with Crippen LogP contribution in [-0.2, 0) is 9.53 Å². The molecule has 5 aliphatic rings. The molecule has 1 amide bonds. The highest BCUT2D eigenvalue weighted by atomic mass is 16.5. The van der Waals surface area contributed by atoms with E-state index in [0.29, 0.717) is 48.3 Å². The number of ether oxygens (including phenoxy) is 1. The molecule has 6 rings (SSSR count). The van der Waals surface area contributed by atoms with Gasteiger partial charge >= 0.3 is 5.97 Å². The SMILES string of the molecule is C=C(C)[C@@H]1CC[C@]2(C(=O)NCCOC)CC[C@]3(C)[C@H](CC[C@@H]4[C@@]5(C)CC=C(c6ccc(C(=O)O)cc6)C(C)(C)[C@@H]5CC[C@]43C)[C@@H]12. The van der Waals surface area contributed by atoms with Crippen LogP contribution < -0.4 is 5.32 Å². The smallest absolute Gasteiger partial charge is 0.335 e.